The van der Waals surface area contributed by atoms with Crippen LogP contribution >= 0.6 is 0 Å². The minimum absolute atomic E-state index is 0.0803. The Morgan fingerprint density at radius 3 is 2.28 bits per heavy atom. The fraction of sp³-hybridized carbons (Fsp3) is 0.422. The van der Waals surface area contributed by atoms with Crippen molar-refractivity contribution < 1.29 is 54.8 Å². The molecule has 1 fully saturated rings. The van der Waals surface area contributed by atoms with E-state index in [9.17, 15) is 33.6 Å². The summed E-state index contributed by atoms with van der Waals surface area (Å²) in [6.07, 6.45) is 10.8. The van der Waals surface area contributed by atoms with E-state index in [0.717, 1.165) is 17.5 Å². The quantitative estimate of drug-likeness (QED) is 0.0256. The number of alkyl halides is 1. The molecule has 16 heteroatoms. The van der Waals surface area contributed by atoms with Gasteiger partial charge in [0.1, 0.15) is 0 Å². The van der Waals surface area contributed by atoms with E-state index < -0.39 is 68.5 Å². The molecule has 2 aromatic carbocycles. The number of aryl methyl sites for hydroxylation is 1. The molecule has 1 aliphatic carbocycles. The number of carbonyl (C=O) groups is 7. The Balaban J connectivity index is 1.44. The number of pyridine rings is 1. The summed E-state index contributed by atoms with van der Waals surface area (Å²) >= 11 is -0.657. The normalized spacial score (nSPS) is 14.8. The van der Waals surface area contributed by atoms with Gasteiger partial charge in [-0.25, -0.2) is 4.79 Å². The van der Waals surface area contributed by atoms with Gasteiger partial charge in [-0.1, -0.05) is 36.4 Å². The monoisotopic (exact) mass is 949 g/mol. The molecule has 1 aliphatic rings. The van der Waals surface area contributed by atoms with E-state index in [1.54, 1.807) is 54.9 Å². The van der Waals surface area contributed by atoms with Gasteiger partial charge in [0, 0.05) is 29.8 Å². The van der Waals surface area contributed by atoms with E-state index in [1.165, 1.54) is 6.08 Å². The van der Waals surface area contributed by atoms with E-state index in [0.29, 0.717) is 62.0 Å². The first-order valence-electron chi connectivity index (χ1n) is 20.6. The predicted molar refractivity (Wildman–Crippen MR) is 230 cm³/mol. The second kappa shape index (κ2) is 24.6. The molecule has 0 bridgehead atoms. The number of anilines is 2. The van der Waals surface area contributed by atoms with E-state index in [2.05, 4.69) is 36.9 Å². The van der Waals surface area contributed by atoms with Crippen LogP contribution in [-0.4, -0.2) is 73.4 Å². The zero-order valence-electron chi connectivity index (χ0n) is 35.1. The summed E-state index contributed by atoms with van der Waals surface area (Å²) in [4.78, 5) is 97.6. The van der Waals surface area contributed by atoms with Gasteiger partial charge in [0.25, 0.3) is 0 Å². The summed E-state index contributed by atoms with van der Waals surface area (Å²) in [7, 11) is 0. The number of para-hydroxylation sites is 1. The van der Waals surface area contributed by atoms with Gasteiger partial charge >= 0.3 is 218 Å². The van der Waals surface area contributed by atoms with E-state index in [1.807, 2.05) is 43.0 Å². The molecule has 0 radical (unpaired) electrons. The summed E-state index contributed by atoms with van der Waals surface area (Å²) in [6, 6.07) is 15.1. The summed E-state index contributed by atoms with van der Waals surface area (Å²) in [5.41, 5.74) is 8.09. The van der Waals surface area contributed by atoms with Gasteiger partial charge in [0.15, 0.2) is 0 Å². The Labute approximate surface area is 367 Å². The van der Waals surface area contributed by atoms with Crippen LogP contribution in [0.1, 0.15) is 87.8 Å². The van der Waals surface area contributed by atoms with E-state index >= 15 is 0 Å². The SMILES string of the molecule is C[I-]C(=O)CC(C)C[C@H](NC(=O)[C@H](CCCCNC(=O)/C=C/c1cccnc1)NC(=O)Cc1ccc(NC(=O)Nc2ccccc2C)cc1)C(=O)NC1(C(N)=O)CCCCC1. The molecule has 0 spiro atoms. The van der Waals surface area contributed by atoms with Crippen molar-refractivity contribution >= 4 is 56.8 Å². The molecule has 3 atom stereocenters. The third kappa shape index (κ3) is 16.4. The Morgan fingerprint density at radius 1 is 0.869 bits per heavy atom. The summed E-state index contributed by atoms with van der Waals surface area (Å²) < 4.78 is 0.122. The van der Waals surface area contributed by atoms with Crippen LogP contribution < -0.4 is 58.8 Å². The number of carbonyl (C=O) groups excluding carboxylic acids is 7. The molecular formula is C45H58IN8O7-. The average molecular weight is 950 g/mol. The Kier molecular flexibility index (Phi) is 19.3. The van der Waals surface area contributed by atoms with Gasteiger partial charge in [-0.3, -0.25) is 9.78 Å². The summed E-state index contributed by atoms with van der Waals surface area (Å²) in [5, 5.41) is 17.0. The molecule has 61 heavy (non-hydrogen) atoms. The fourth-order valence-electron chi connectivity index (χ4n) is 7.05. The average Bonchev–Trinajstić information content (AvgIpc) is 3.24. The van der Waals surface area contributed by atoms with E-state index in [4.69, 9.17) is 5.73 Å². The minimum atomic E-state index is -1.24. The number of nitrogens with zero attached hydrogens (tertiary/aromatic N) is 1. The molecule has 1 heterocycles. The molecule has 3 aromatic rings. The Morgan fingerprint density at radius 2 is 1.61 bits per heavy atom. The predicted octanol–water partition coefficient (Wildman–Crippen LogP) is 1.51. The van der Waals surface area contributed by atoms with Gasteiger partial charge in [-0.15, -0.1) is 0 Å². The number of unbranched alkanes of at least 4 members (excludes halogenated alkanes) is 1. The van der Waals surface area contributed by atoms with Crippen molar-refractivity contribution in [3.63, 3.8) is 0 Å². The van der Waals surface area contributed by atoms with Crippen molar-refractivity contribution in [1.29, 1.82) is 0 Å². The molecule has 1 saturated carbocycles. The van der Waals surface area contributed by atoms with Crippen LogP contribution in [0.4, 0.5) is 16.2 Å². The van der Waals surface area contributed by atoms with Crippen molar-refractivity contribution in [3.05, 3.63) is 95.8 Å². The van der Waals surface area contributed by atoms with Crippen molar-refractivity contribution in [2.45, 2.75) is 102 Å². The van der Waals surface area contributed by atoms with Crippen LogP contribution in [0.15, 0.2) is 79.1 Å². The molecule has 1 unspecified atom stereocenters. The molecular weight excluding hydrogens is 891 g/mol. The molecule has 15 nitrogen and oxygen atoms in total. The van der Waals surface area contributed by atoms with Crippen molar-refractivity contribution in [1.82, 2.24) is 26.3 Å². The first kappa shape index (κ1) is 48.0. The number of halogens is 1. The van der Waals surface area contributed by atoms with Crippen LogP contribution in [-0.2, 0) is 35.2 Å². The standard InChI is InChI=1S/C45H58IN8O7/c1-30(27-38(55)46-3)26-37(42(59)54-45(43(47)60)22-8-4-9-23-45)52-41(58)36(15-7-10-25-49-39(56)21-18-33-13-11-24-48-29-33)51-40(57)28-32-16-19-34(20-17-32)50-44(61)53-35-14-6-5-12-31(35)2/h5-6,11-14,16-21,24,29-30,36-37H,4,7-10,15,22-23,25-28H2,1-3H3,(H2,47,60)(H,49,56)(H,51,57)(H,52,58)(H,54,59)(H2,50,53,61)/q-1/b21-18+/t30?,36-,37-/m0/s1. The van der Waals surface area contributed by atoms with Gasteiger partial charge in [-0.2, -0.15) is 0 Å². The van der Waals surface area contributed by atoms with Crippen LogP contribution in [0.5, 0.6) is 0 Å². The van der Waals surface area contributed by atoms with Gasteiger partial charge in [0.05, 0.1) is 0 Å². The number of aromatic nitrogens is 1. The maximum absolute atomic E-state index is 14.1. The van der Waals surface area contributed by atoms with Crippen molar-refractivity contribution in [3.8, 4) is 0 Å². The van der Waals surface area contributed by atoms with Crippen molar-refractivity contribution in [2.24, 2.45) is 11.7 Å². The zero-order chi connectivity index (χ0) is 44.2. The molecule has 1 aromatic heterocycles. The first-order valence-corrected chi connectivity index (χ1v) is 23.8. The van der Waals surface area contributed by atoms with Crippen LogP contribution in [0, 0.1) is 12.8 Å². The second-order valence-electron chi connectivity index (χ2n) is 15.4. The van der Waals surface area contributed by atoms with E-state index in [-0.39, 0.29) is 41.3 Å². The second-order valence-corrected chi connectivity index (χ2v) is 17.7. The van der Waals surface area contributed by atoms with Gasteiger partial charge < -0.3 is 16.0 Å². The number of urea groups is 1. The summed E-state index contributed by atoms with van der Waals surface area (Å²) in [6.45, 7) is 4.04. The first-order chi connectivity index (χ1) is 29.3. The molecule has 8 N–H and O–H groups in total. The van der Waals surface area contributed by atoms with Crippen LogP contribution in [0.2, 0.25) is 0 Å². The van der Waals surface area contributed by atoms with Crippen LogP contribution in [0.3, 0.4) is 0 Å². The number of hydrogen-bond acceptors (Lipinski definition) is 8. The fourth-order valence-corrected chi connectivity index (χ4v) is 8.24. The van der Waals surface area contributed by atoms with Gasteiger partial charge in [-0.05, 0) is 48.4 Å². The molecule has 0 saturated heterocycles. The van der Waals surface area contributed by atoms with Crippen molar-refractivity contribution in [2.75, 3.05) is 22.1 Å². The Bertz CT molecular complexity index is 2000. The Hall–Kier alpha value is -5.65. The van der Waals surface area contributed by atoms with Gasteiger partial charge in [0.2, 0.25) is 5.91 Å². The third-order valence-corrected chi connectivity index (χ3v) is 12.1. The maximum atomic E-state index is 14.1. The molecule has 4 rings (SSSR count). The number of benzene rings is 2. The van der Waals surface area contributed by atoms with Crippen LogP contribution in [0.25, 0.3) is 6.08 Å². The number of rotatable bonds is 22. The molecule has 7 amide bonds. The number of nitrogens with one attached hydrogen (secondary N) is 6. The number of primary amides is 1. The zero-order valence-corrected chi connectivity index (χ0v) is 37.2. The summed E-state index contributed by atoms with van der Waals surface area (Å²) in [5.74, 6) is -2.81. The third-order valence-electron chi connectivity index (χ3n) is 10.5. The molecule has 328 valence electrons. The number of amides is 7. The molecule has 0 aliphatic heterocycles. The number of nitrogens with two attached hydrogens (primary N) is 1. The topological polar surface area (TPSA) is 231 Å². The number of hydrogen-bond donors (Lipinski definition) is 7.